The number of carbonyl (C=O) groups excluding carboxylic acids is 3. The zero-order chi connectivity index (χ0) is 19.3. The van der Waals surface area contributed by atoms with E-state index in [4.69, 9.17) is 4.74 Å². The number of carbonyl (C=O) groups is 3. The van der Waals surface area contributed by atoms with E-state index in [1.807, 2.05) is 20.8 Å². The van der Waals surface area contributed by atoms with Crippen LogP contribution in [0.4, 0.5) is 11.4 Å². The lowest BCUT2D eigenvalue weighted by Crippen LogP contribution is -2.47. The Morgan fingerprint density at radius 3 is 2.23 bits per heavy atom. The molecule has 1 atom stereocenters. The predicted molar refractivity (Wildman–Crippen MR) is 99.8 cm³/mol. The Kier molecular flexibility index (Phi) is 6.37. The van der Waals surface area contributed by atoms with Crippen LogP contribution in [-0.2, 0) is 19.1 Å². The van der Waals surface area contributed by atoms with E-state index < -0.39 is 11.5 Å². The second kappa shape index (κ2) is 8.31. The van der Waals surface area contributed by atoms with E-state index in [2.05, 4.69) is 10.6 Å². The molecule has 1 aliphatic heterocycles. The molecule has 2 N–H and O–H groups in total. The Labute approximate surface area is 154 Å². The SMILES string of the molecule is COCC(=O)Nc1ccc(NC(=O)C2CCCN2C(=O)C(C)(C)C)cc1. The standard InChI is InChI=1S/C19H27N3O4/c1-19(2,3)18(25)22-11-5-6-15(22)17(24)21-14-9-7-13(8-10-14)20-16(23)12-26-4/h7-10,15H,5-6,11-12H2,1-4H3,(H,20,23)(H,21,24). The van der Waals surface area contributed by atoms with Crippen molar-refractivity contribution in [3.8, 4) is 0 Å². The van der Waals surface area contributed by atoms with Crippen molar-refractivity contribution < 1.29 is 19.1 Å². The maximum Gasteiger partial charge on any atom is 0.250 e. The summed E-state index contributed by atoms with van der Waals surface area (Å²) in [5.74, 6) is -0.436. The maximum atomic E-state index is 12.6. The molecule has 0 bridgehead atoms. The van der Waals surface area contributed by atoms with Gasteiger partial charge in [0.25, 0.3) is 0 Å². The van der Waals surface area contributed by atoms with Gasteiger partial charge in [-0.3, -0.25) is 14.4 Å². The topological polar surface area (TPSA) is 87.7 Å². The van der Waals surface area contributed by atoms with Gasteiger partial charge in [0.05, 0.1) is 0 Å². The molecule has 26 heavy (non-hydrogen) atoms. The Morgan fingerprint density at radius 2 is 1.69 bits per heavy atom. The van der Waals surface area contributed by atoms with Crippen LogP contribution in [0.25, 0.3) is 0 Å². The number of ether oxygens (including phenoxy) is 1. The maximum absolute atomic E-state index is 12.6. The van der Waals surface area contributed by atoms with Gasteiger partial charge in [-0.05, 0) is 37.1 Å². The van der Waals surface area contributed by atoms with Crippen LogP contribution in [-0.4, -0.2) is 48.9 Å². The molecule has 0 aliphatic carbocycles. The fourth-order valence-electron chi connectivity index (χ4n) is 2.90. The van der Waals surface area contributed by atoms with Gasteiger partial charge in [0.1, 0.15) is 12.6 Å². The van der Waals surface area contributed by atoms with Crippen LogP contribution in [0.3, 0.4) is 0 Å². The van der Waals surface area contributed by atoms with E-state index in [1.54, 1.807) is 29.2 Å². The molecule has 0 radical (unpaired) electrons. The summed E-state index contributed by atoms with van der Waals surface area (Å²) in [6.45, 7) is 6.17. The van der Waals surface area contributed by atoms with Gasteiger partial charge in [-0.2, -0.15) is 0 Å². The number of amides is 3. The molecule has 1 aromatic rings. The summed E-state index contributed by atoms with van der Waals surface area (Å²) in [5, 5.41) is 5.54. The van der Waals surface area contributed by atoms with Crippen molar-refractivity contribution in [3.05, 3.63) is 24.3 Å². The number of nitrogens with zero attached hydrogens (tertiary/aromatic N) is 1. The van der Waals surface area contributed by atoms with E-state index in [-0.39, 0.29) is 24.3 Å². The van der Waals surface area contributed by atoms with E-state index in [9.17, 15) is 14.4 Å². The highest BCUT2D eigenvalue weighted by Gasteiger charge is 2.38. The van der Waals surface area contributed by atoms with Gasteiger partial charge in [-0.25, -0.2) is 0 Å². The van der Waals surface area contributed by atoms with E-state index in [1.165, 1.54) is 7.11 Å². The number of benzene rings is 1. The molecule has 142 valence electrons. The first kappa shape index (κ1) is 19.9. The zero-order valence-electron chi connectivity index (χ0n) is 15.8. The molecule has 3 amide bonds. The molecule has 1 saturated heterocycles. The fourth-order valence-corrected chi connectivity index (χ4v) is 2.90. The van der Waals surface area contributed by atoms with Crippen molar-refractivity contribution >= 4 is 29.1 Å². The van der Waals surface area contributed by atoms with E-state index >= 15 is 0 Å². The van der Waals surface area contributed by atoms with Gasteiger partial charge in [-0.15, -0.1) is 0 Å². The van der Waals surface area contributed by atoms with Crippen molar-refractivity contribution in [1.82, 2.24) is 4.90 Å². The van der Waals surface area contributed by atoms with Crippen LogP contribution in [0.2, 0.25) is 0 Å². The number of hydrogen-bond acceptors (Lipinski definition) is 4. The second-order valence-electron chi connectivity index (χ2n) is 7.45. The van der Waals surface area contributed by atoms with Crippen molar-refractivity contribution in [1.29, 1.82) is 0 Å². The number of nitrogens with one attached hydrogen (secondary N) is 2. The van der Waals surface area contributed by atoms with Crippen LogP contribution in [0.15, 0.2) is 24.3 Å². The minimum absolute atomic E-state index is 0.00801. The minimum atomic E-state index is -0.509. The van der Waals surface area contributed by atoms with Crippen molar-refractivity contribution in [3.63, 3.8) is 0 Å². The summed E-state index contributed by atoms with van der Waals surface area (Å²) < 4.78 is 4.76. The highest BCUT2D eigenvalue weighted by molar-refractivity contribution is 5.98. The third kappa shape index (κ3) is 5.05. The predicted octanol–water partition coefficient (Wildman–Crippen LogP) is 2.25. The summed E-state index contributed by atoms with van der Waals surface area (Å²) in [4.78, 5) is 38.3. The average Bonchev–Trinajstić information content (AvgIpc) is 3.04. The number of rotatable bonds is 5. The highest BCUT2D eigenvalue weighted by Crippen LogP contribution is 2.26. The highest BCUT2D eigenvalue weighted by atomic mass is 16.5. The molecule has 1 heterocycles. The number of methoxy groups -OCH3 is 1. The number of hydrogen-bond donors (Lipinski definition) is 2. The molecule has 2 rings (SSSR count). The molecule has 7 heteroatoms. The molecule has 1 aromatic carbocycles. The fraction of sp³-hybridized carbons (Fsp3) is 0.526. The molecule has 7 nitrogen and oxygen atoms in total. The zero-order valence-corrected chi connectivity index (χ0v) is 15.8. The van der Waals surface area contributed by atoms with Gasteiger partial charge in [0.15, 0.2) is 0 Å². The van der Waals surface area contributed by atoms with Crippen molar-refractivity contribution in [2.24, 2.45) is 5.41 Å². The molecular formula is C19H27N3O4. The van der Waals surface area contributed by atoms with Gasteiger partial charge in [0.2, 0.25) is 17.7 Å². The van der Waals surface area contributed by atoms with Crippen LogP contribution in [0.1, 0.15) is 33.6 Å². The van der Waals surface area contributed by atoms with Gasteiger partial charge in [0, 0.05) is 30.4 Å². The molecule has 0 aromatic heterocycles. The summed E-state index contributed by atoms with van der Waals surface area (Å²) in [7, 11) is 1.45. The van der Waals surface area contributed by atoms with Crippen molar-refractivity contribution in [2.45, 2.75) is 39.7 Å². The molecule has 1 aliphatic rings. The first-order valence-corrected chi connectivity index (χ1v) is 8.73. The molecule has 0 saturated carbocycles. The lowest BCUT2D eigenvalue weighted by atomic mass is 9.94. The van der Waals surface area contributed by atoms with Gasteiger partial charge in [-0.1, -0.05) is 20.8 Å². The molecule has 1 unspecified atom stereocenters. The minimum Gasteiger partial charge on any atom is -0.375 e. The third-order valence-electron chi connectivity index (χ3n) is 4.17. The Bertz CT molecular complexity index is 664. The first-order valence-electron chi connectivity index (χ1n) is 8.73. The molecule has 0 spiro atoms. The summed E-state index contributed by atoms with van der Waals surface area (Å²) in [5.41, 5.74) is 0.732. The number of likely N-dealkylation sites (tertiary alicyclic amines) is 1. The Balaban J connectivity index is 1.98. The van der Waals surface area contributed by atoms with Crippen molar-refractivity contribution in [2.75, 3.05) is 30.9 Å². The monoisotopic (exact) mass is 361 g/mol. The first-order chi connectivity index (χ1) is 12.2. The quantitative estimate of drug-likeness (QED) is 0.842. The Morgan fingerprint density at radius 1 is 1.12 bits per heavy atom. The van der Waals surface area contributed by atoms with Gasteiger partial charge >= 0.3 is 0 Å². The van der Waals surface area contributed by atoms with Crippen LogP contribution in [0.5, 0.6) is 0 Å². The van der Waals surface area contributed by atoms with Gasteiger partial charge < -0.3 is 20.3 Å². The summed E-state index contributed by atoms with van der Waals surface area (Å²) in [6.07, 6.45) is 1.49. The lowest BCUT2D eigenvalue weighted by molar-refractivity contribution is -0.143. The van der Waals surface area contributed by atoms with Crippen LogP contribution >= 0.6 is 0 Å². The summed E-state index contributed by atoms with van der Waals surface area (Å²) in [6, 6.07) is 6.39. The number of anilines is 2. The normalized spacial score (nSPS) is 17.1. The Hall–Kier alpha value is -2.41. The van der Waals surface area contributed by atoms with Crippen LogP contribution in [0, 0.1) is 5.41 Å². The summed E-state index contributed by atoms with van der Waals surface area (Å²) >= 11 is 0. The average molecular weight is 361 g/mol. The third-order valence-corrected chi connectivity index (χ3v) is 4.17. The van der Waals surface area contributed by atoms with E-state index in [0.717, 1.165) is 6.42 Å². The lowest BCUT2D eigenvalue weighted by Gasteiger charge is -2.30. The van der Waals surface area contributed by atoms with Crippen LogP contribution < -0.4 is 10.6 Å². The molecular weight excluding hydrogens is 334 g/mol. The van der Waals surface area contributed by atoms with E-state index in [0.29, 0.717) is 24.3 Å². The smallest absolute Gasteiger partial charge is 0.250 e. The largest absolute Gasteiger partial charge is 0.375 e. The second-order valence-corrected chi connectivity index (χ2v) is 7.45. The molecule has 1 fully saturated rings.